The molecule has 3 rings (SSSR count). The zero-order valence-corrected chi connectivity index (χ0v) is 23.7. The molecule has 4 nitrogen and oxygen atoms in total. The number of hydrogen-bond donors (Lipinski definition) is 0. The molecule has 0 bridgehead atoms. The van der Waals surface area contributed by atoms with Crippen LogP contribution in [0.2, 0.25) is 0 Å². The normalized spacial score (nSPS) is 16.7. The molecule has 0 aliphatic carbocycles. The summed E-state index contributed by atoms with van der Waals surface area (Å²) < 4.78 is 0. The molecule has 0 aromatic heterocycles. The Hall–Kier alpha value is -0.897. The second-order valence-electron chi connectivity index (χ2n) is 9.16. The first kappa shape index (κ1) is 31.1. The summed E-state index contributed by atoms with van der Waals surface area (Å²) in [6.45, 7) is 18.2. The number of rotatable bonds is 7. The van der Waals surface area contributed by atoms with Crippen molar-refractivity contribution >= 4 is 0 Å². The number of hydrogen-bond acceptors (Lipinski definition) is 4. The van der Waals surface area contributed by atoms with Crippen LogP contribution in [0.1, 0.15) is 66.9 Å². The van der Waals surface area contributed by atoms with Crippen molar-refractivity contribution < 1.29 is 44.3 Å². The van der Waals surface area contributed by atoms with Crippen molar-refractivity contribution in [3.63, 3.8) is 0 Å². The molecule has 32 heavy (non-hydrogen) atoms. The molecule has 0 fully saturated rings. The number of halogens is 2. The fourth-order valence-electron chi connectivity index (χ4n) is 4.26. The maximum atomic E-state index is 2.44. The standard InChI is InChI=1S/C25H38N4.2ClH.Ru/c1-18(2)26-14-15-27(19(3)4)24(26)23(22-12-10-9-11-13-22)25-28(20(5)6)16-17-29(25)21(7)8;;;/h9-21,23H,1-8H3;2*1H;/q-2;;;+4/p-2. The Kier molecular flexibility index (Phi) is 12.7. The average molecular weight is 567 g/mol. The number of nitrogens with zero attached hydrogens (tertiary/aromatic N) is 4. The third-order valence-corrected chi connectivity index (χ3v) is 5.71. The van der Waals surface area contributed by atoms with E-state index >= 15 is 0 Å². The molecule has 0 spiro atoms. The van der Waals surface area contributed by atoms with Gasteiger partial charge in [-0.05, 0) is 104 Å². The summed E-state index contributed by atoms with van der Waals surface area (Å²) in [7, 11) is 0. The van der Waals surface area contributed by atoms with Crippen LogP contribution in [-0.2, 0) is 19.5 Å². The van der Waals surface area contributed by atoms with Gasteiger partial charge in [-0.25, -0.2) is 0 Å². The third kappa shape index (κ3) is 6.16. The number of benzene rings is 1. The van der Waals surface area contributed by atoms with E-state index in [0.29, 0.717) is 24.2 Å². The predicted molar refractivity (Wildman–Crippen MR) is 122 cm³/mol. The smallest absolute Gasteiger partial charge is 1.00 e. The summed E-state index contributed by atoms with van der Waals surface area (Å²) >= 11 is 0. The monoisotopic (exact) mass is 566 g/mol. The van der Waals surface area contributed by atoms with Gasteiger partial charge < -0.3 is 44.4 Å². The minimum atomic E-state index is 0. The Labute approximate surface area is 221 Å². The third-order valence-electron chi connectivity index (χ3n) is 5.71. The van der Waals surface area contributed by atoms with Gasteiger partial charge in [0, 0.05) is 0 Å². The molecular formula is C25H38Cl2N4Ru. The maximum Gasteiger partial charge on any atom is 4.00 e. The topological polar surface area (TPSA) is 13.0 Å². The van der Waals surface area contributed by atoms with Crippen LogP contribution in [0.15, 0.2) is 55.1 Å². The van der Waals surface area contributed by atoms with Crippen LogP contribution in [0.25, 0.3) is 0 Å². The molecule has 0 atom stereocenters. The molecule has 0 radical (unpaired) electrons. The van der Waals surface area contributed by atoms with Crippen molar-refractivity contribution in [3.8, 4) is 0 Å². The second kappa shape index (κ2) is 13.1. The van der Waals surface area contributed by atoms with Crippen LogP contribution < -0.4 is 24.8 Å². The largest absolute Gasteiger partial charge is 4.00 e. The predicted octanol–water partition coefficient (Wildman–Crippen LogP) is -0.434. The first-order valence-corrected chi connectivity index (χ1v) is 11.0. The quantitative estimate of drug-likeness (QED) is 0.328. The van der Waals surface area contributed by atoms with E-state index in [4.69, 9.17) is 0 Å². The molecule has 2 aliphatic rings. The van der Waals surface area contributed by atoms with E-state index in [0.717, 1.165) is 0 Å². The van der Waals surface area contributed by atoms with E-state index in [1.807, 2.05) is 0 Å². The minimum Gasteiger partial charge on any atom is -1.00 e. The second-order valence-corrected chi connectivity index (χ2v) is 9.16. The molecule has 0 saturated carbocycles. The molecule has 1 aromatic carbocycles. The molecular weight excluding hydrogens is 528 g/mol. The Bertz CT molecular complexity index is 646. The van der Waals surface area contributed by atoms with Crippen LogP contribution in [0.5, 0.6) is 0 Å². The Balaban J connectivity index is 0.00000320. The average Bonchev–Trinajstić information content (AvgIpc) is 3.28. The van der Waals surface area contributed by atoms with Crippen molar-refractivity contribution in [1.82, 2.24) is 19.6 Å². The van der Waals surface area contributed by atoms with E-state index in [1.54, 1.807) is 0 Å². The summed E-state index contributed by atoms with van der Waals surface area (Å²) in [6, 6.07) is 12.6. The summed E-state index contributed by atoms with van der Waals surface area (Å²) in [5.74, 6) is 0.149. The zero-order chi connectivity index (χ0) is 21.3. The van der Waals surface area contributed by atoms with Crippen molar-refractivity contribution in [2.75, 3.05) is 0 Å². The van der Waals surface area contributed by atoms with Gasteiger partial charge in [0.15, 0.2) is 0 Å². The van der Waals surface area contributed by atoms with Crippen molar-refractivity contribution in [1.29, 1.82) is 0 Å². The minimum absolute atomic E-state index is 0. The van der Waals surface area contributed by atoms with Gasteiger partial charge in [0.2, 0.25) is 0 Å². The van der Waals surface area contributed by atoms with Gasteiger partial charge in [0.25, 0.3) is 0 Å². The molecule has 0 amide bonds. The molecule has 0 N–H and O–H groups in total. The van der Waals surface area contributed by atoms with Gasteiger partial charge >= 0.3 is 19.5 Å². The summed E-state index contributed by atoms with van der Waals surface area (Å²) in [4.78, 5) is 9.78. The first-order chi connectivity index (χ1) is 13.7. The summed E-state index contributed by atoms with van der Waals surface area (Å²) in [5, 5.41) is 0. The molecule has 0 unspecified atom stereocenters. The van der Waals surface area contributed by atoms with E-state index in [-0.39, 0.29) is 50.2 Å². The molecule has 1 aromatic rings. The van der Waals surface area contributed by atoms with Crippen molar-refractivity contribution in [2.45, 2.75) is 85.5 Å². The van der Waals surface area contributed by atoms with Crippen LogP contribution in [-0.4, -0.2) is 43.8 Å². The molecule has 7 heteroatoms. The zero-order valence-electron chi connectivity index (χ0n) is 20.5. The Morgan fingerprint density at radius 3 is 1.06 bits per heavy atom. The SMILES string of the molecule is CC(C)N1C=CN(C(C)C)[C-]1C(c1ccccc1)[C-]1N(C(C)C)C=CN1C(C)C.[Cl-].[Cl-].[Ru+4]. The summed E-state index contributed by atoms with van der Waals surface area (Å²) in [5.41, 5.74) is 1.33. The van der Waals surface area contributed by atoms with E-state index in [1.165, 1.54) is 17.9 Å². The van der Waals surface area contributed by atoms with Gasteiger partial charge in [0.05, 0.1) is 0 Å². The van der Waals surface area contributed by atoms with Crippen LogP contribution in [0.3, 0.4) is 0 Å². The van der Waals surface area contributed by atoms with E-state index in [9.17, 15) is 0 Å². The van der Waals surface area contributed by atoms with Crippen LogP contribution in [0, 0.1) is 12.3 Å². The van der Waals surface area contributed by atoms with Gasteiger partial charge in [-0.3, -0.25) is 0 Å². The van der Waals surface area contributed by atoms with E-state index in [2.05, 4.69) is 130 Å². The maximum absolute atomic E-state index is 2.44. The van der Waals surface area contributed by atoms with Gasteiger partial charge in [0.1, 0.15) is 0 Å². The fraction of sp³-hybridized carbons (Fsp3) is 0.520. The van der Waals surface area contributed by atoms with Gasteiger partial charge in [-0.2, -0.15) is 18.2 Å². The van der Waals surface area contributed by atoms with Crippen molar-refractivity contribution in [2.24, 2.45) is 0 Å². The fourth-order valence-corrected chi connectivity index (χ4v) is 4.26. The van der Waals surface area contributed by atoms with Gasteiger partial charge in [-0.1, -0.05) is 35.9 Å². The molecule has 2 aliphatic heterocycles. The molecule has 180 valence electrons. The van der Waals surface area contributed by atoms with Crippen LogP contribution >= 0.6 is 0 Å². The van der Waals surface area contributed by atoms with Crippen LogP contribution in [0.4, 0.5) is 0 Å². The summed E-state index contributed by atoms with van der Waals surface area (Å²) in [6.07, 6.45) is 11.7. The van der Waals surface area contributed by atoms with Gasteiger partial charge in [-0.15, -0.1) is 0 Å². The molecule has 0 saturated heterocycles. The Morgan fingerprint density at radius 2 is 0.812 bits per heavy atom. The first-order valence-electron chi connectivity index (χ1n) is 11.0. The van der Waals surface area contributed by atoms with Crippen molar-refractivity contribution in [3.05, 3.63) is 73.0 Å². The Morgan fingerprint density at radius 1 is 0.531 bits per heavy atom. The van der Waals surface area contributed by atoms with E-state index < -0.39 is 0 Å². The molecule has 2 heterocycles.